The van der Waals surface area contributed by atoms with E-state index in [0.717, 1.165) is 67.6 Å². The van der Waals surface area contributed by atoms with Gasteiger partial charge < -0.3 is 20.1 Å². The van der Waals surface area contributed by atoms with E-state index < -0.39 is 11.8 Å². The zero-order valence-corrected chi connectivity index (χ0v) is 26.7. The maximum Gasteiger partial charge on any atom is 0.297 e. The van der Waals surface area contributed by atoms with Gasteiger partial charge in [-0.05, 0) is 36.8 Å². The van der Waals surface area contributed by atoms with Gasteiger partial charge in [-0.1, -0.05) is 86.3 Å². The van der Waals surface area contributed by atoms with Gasteiger partial charge in [0.25, 0.3) is 11.8 Å². The molecule has 0 bridgehead atoms. The van der Waals surface area contributed by atoms with Crippen molar-refractivity contribution in [2.75, 3.05) is 14.2 Å². The third-order valence-corrected chi connectivity index (χ3v) is 8.77. The van der Waals surface area contributed by atoms with Crippen LogP contribution >= 0.6 is 0 Å². The molecule has 0 spiro atoms. The van der Waals surface area contributed by atoms with Crippen molar-refractivity contribution in [3.05, 3.63) is 89.2 Å². The fourth-order valence-electron chi connectivity index (χ4n) is 6.18. The van der Waals surface area contributed by atoms with Crippen LogP contribution < -0.4 is 10.6 Å². The molecule has 46 heavy (non-hydrogen) atoms. The highest BCUT2D eigenvalue weighted by atomic mass is 16.7. The van der Waals surface area contributed by atoms with Gasteiger partial charge in [0, 0.05) is 13.1 Å². The van der Waals surface area contributed by atoms with Crippen molar-refractivity contribution in [1.82, 2.24) is 25.5 Å². The van der Waals surface area contributed by atoms with E-state index in [0.29, 0.717) is 13.2 Å². The molecule has 2 N–H and O–H groups in total. The van der Waals surface area contributed by atoms with Crippen LogP contribution in [0.25, 0.3) is 0 Å². The molecule has 11 nitrogen and oxygen atoms in total. The van der Waals surface area contributed by atoms with Crippen molar-refractivity contribution in [3.8, 4) is 0 Å². The molecule has 0 saturated heterocycles. The lowest BCUT2D eigenvalue weighted by molar-refractivity contribution is -0.124. The number of ether oxygens (including phenoxy) is 2. The Labute approximate surface area is 270 Å². The predicted octanol–water partition coefficient (Wildman–Crippen LogP) is 4.42. The van der Waals surface area contributed by atoms with Crippen molar-refractivity contribution in [2.45, 2.75) is 95.4 Å². The summed E-state index contributed by atoms with van der Waals surface area (Å²) in [6.45, 7) is 0.694. The molecule has 2 saturated carbocycles. The number of hydrogen-bond acceptors (Lipinski definition) is 7. The summed E-state index contributed by atoms with van der Waals surface area (Å²) in [6.07, 6.45) is 6.98. The van der Waals surface area contributed by atoms with Crippen LogP contribution in [0.2, 0.25) is 0 Å². The standard InChI is InChI=1S/C35H45N5O6/c1-39(44-2)35(43)29-21-30(34(42)37-28-18-10-12-20-32(28)46-24-26-15-7-4-8-16-26)40(38-29)22-33(41)36-27-17-9-11-19-31(27)45-23-25-13-5-3-6-14-25/h3-8,13-16,21,27-28,31-32H,9-12,17-20,22-24H2,1-2H3,(H,36,41)(H,37,42)/t27-,28-,31-,32-/m0/s1. The molecule has 3 amide bonds. The van der Waals surface area contributed by atoms with Gasteiger partial charge in [-0.25, -0.2) is 9.75 Å². The van der Waals surface area contributed by atoms with E-state index in [4.69, 9.17) is 14.3 Å². The molecule has 2 aromatic carbocycles. The van der Waals surface area contributed by atoms with Crippen molar-refractivity contribution in [2.24, 2.45) is 0 Å². The Morgan fingerprint density at radius 1 is 0.804 bits per heavy atom. The first-order valence-corrected chi connectivity index (χ1v) is 16.2. The number of benzene rings is 2. The minimum atomic E-state index is -0.529. The van der Waals surface area contributed by atoms with Gasteiger partial charge in [-0.2, -0.15) is 5.10 Å². The fourth-order valence-corrected chi connectivity index (χ4v) is 6.18. The number of carbonyl (C=O) groups excluding carboxylic acids is 3. The van der Waals surface area contributed by atoms with E-state index in [9.17, 15) is 14.4 Å². The number of carbonyl (C=O) groups is 3. The van der Waals surface area contributed by atoms with Crippen LogP contribution in [0, 0.1) is 0 Å². The lowest BCUT2D eigenvalue weighted by Gasteiger charge is -2.32. The lowest BCUT2D eigenvalue weighted by atomic mass is 9.92. The van der Waals surface area contributed by atoms with Crippen LogP contribution in [0.15, 0.2) is 66.7 Å². The molecule has 1 aromatic heterocycles. The van der Waals surface area contributed by atoms with Gasteiger partial charge in [-0.3, -0.25) is 19.2 Å². The normalized spacial score (nSPS) is 21.3. The average molecular weight is 632 g/mol. The first kappa shape index (κ1) is 33.3. The topological polar surface area (TPSA) is 124 Å². The third-order valence-electron chi connectivity index (χ3n) is 8.77. The molecule has 5 rings (SSSR count). The molecule has 2 aliphatic carbocycles. The number of rotatable bonds is 13. The third kappa shape index (κ3) is 9.02. The zero-order valence-electron chi connectivity index (χ0n) is 26.7. The summed E-state index contributed by atoms with van der Waals surface area (Å²) >= 11 is 0. The Kier molecular flexibility index (Phi) is 11.9. The number of hydroxylamine groups is 2. The van der Waals surface area contributed by atoms with Crippen molar-refractivity contribution in [3.63, 3.8) is 0 Å². The van der Waals surface area contributed by atoms with E-state index in [1.54, 1.807) is 0 Å². The molecular weight excluding hydrogens is 586 g/mol. The first-order chi connectivity index (χ1) is 22.4. The Balaban J connectivity index is 1.27. The van der Waals surface area contributed by atoms with Gasteiger partial charge in [-0.15, -0.1) is 0 Å². The summed E-state index contributed by atoms with van der Waals surface area (Å²) in [6, 6.07) is 20.9. The molecule has 0 unspecified atom stereocenters. The van der Waals surface area contributed by atoms with E-state index in [1.165, 1.54) is 24.9 Å². The minimum Gasteiger partial charge on any atom is -0.371 e. The second-order valence-corrected chi connectivity index (χ2v) is 12.1. The highest BCUT2D eigenvalue weighted by molar-refractivity contribution is 5.98. The Morgan fingerprint density at radius 2 is 1.33 bits per heavy atom. The second-order valence-electron chi connectivity index (χ2n) is 12.1. The van der Waals surface area contributed by atoms with Crippen LogP contribution in [0.5, 0.6) is 0 Å². The number of aromatic nitrogens is 2. The minimum absolute atomic E-state index is 0.00422. The maximum atomic E-state index is 13.7. The summed E-state index contributed by atoms with van der Waals surface area (Å²) in [5, 5.41) is 11.6. The van der Waals surface area contributed by atoms with E-state index in [1.807, 2.05) is 60.7 Å². The first-order valence-electron chi connectivity index (χ1n) is 16.2. The molecule has 2 aliphatic rings. The molecule has 11 heteroatoms. The van der Waals surface area contributed by atoms with Gasteiger partial charge >= 0.3 is 0 Å². The zero-order chi connectivity index (χ0) is 32.3. The molecule has 3 aromatic rings. The van der Waals surface area contributed by atoms with Crippen LogP contribution in [0.1, 0.15) is 83.5 Å². The van der Waals surface area contributed by atoms with Crippen LogP contribution in [-0.4, -0.2) is 71.0 Å². The van der Waals surface area contributed by atoms with Gasteiger partial charge in [0.05, 0.1) is 44.6 Å². The highest BCUT2D eigenvalue weighted by Crippen LogP contribution is 2.24. The monoisotopic (exact) mass is 631 g/mol. The number of nitrogens with zero attached hydrogens (tertiary/aromatic N) is 3. The Hall–Kier alpha value is -4.06. The summed E-state index contributed by atoms with van der Waals surface area (Å²) in [5.74, 6) is -1.25. The van der Waals surface area contributed by atoms with Gasteiger partial charge in [0.1, 0.15) is 12.2 Å². The summed E-state index contributed by atoms with van der Waals surface area (Å²) < 4.78 is 13.8. The molecule has 1 heterocycles. The number of amides is 3. The summed E-state index contributed by atoms with van der Waals surface area (Å²) in [4.78, 5) is 45.1. The van der Waals surface area contributed by atoms with E-state index in [2.05, 4.69) is 15.7 Å². The lowest BCUT2D eigenvalue weighted by Crippen LogP contribution is -2.48. The molecule has 2 fully saturated rings. The molecule has 0 aliphatic heterocycles. The maximum absolute atomic E-state index is 13.7. The van der Waals surface area contributed by atoms with Crippen molar-refractivity contribution < 1.29 is 28.7 Å². The smallest absolute Gasteiger partial charge is 0.297 e. The highest BCUT2D eigenvalue weighted by Gasteiger charge is 2.31. The van der Waals surface area contributed by atoms with E-state index >= 15 is 0 Å². The number of nitrogens with one attached hydrogen (secondary N) is 2. The van der Waals surface area contributed by atoms with Gasteiger partial charge in [0.15, 0.2) is 5.69 Å². The Bertz CT molecular complexity index is 1430. The molecule has 4 atom stereocenters. The average Bonchev–Trinajstić information content (AvgIpc) is 3.51. The Morgan fingerprint density at radius 3 is 1.87 bits per heavy atom. The summed E-state index contributed by atoms with van der Waals surface area (Å²) in [7, 11) is 2.83. The van der Waals surface area contributed by atoms with Crippen molar-refractivity contribution >= 4 is 17.7 Å². The van der Waals surface area contributed by atoms with E-state index in [-0.39, 0.29) is 48.1 Å². The van der Waals surface area contributed by atoms with Crippen LogP contribution in [0.4, 0.5) is 0 Å². The van der Waals surface area contributed by atoms with Gasteiger partial charge in [0.2, 0.25) is 5.91 Å². The fraction of sp³-hybridized carbons (Fsp3) is 0.486. The number of hydrogen-bond donors (Lipinski definition) is 2. The second kappa shape index (κ2) is 16.5. The SMILES string of the molecule is CON(C)C(=O)c1cc(C(=O)N[C@H]2CCCC[C@@H]2OCc2ccccc2)n(CC(=O)N[C@H]2CCCC[C@@H]2OCc2ccccc2)n1. The largest absolute Gasteiger partial charge is 0.371 e. The van der Waals surface area contributed by atoms with Crippen LogP contribution in [0.3, 0.4) is 0 Å². The van der Waals surface area contributed by atoms with Crippen LogP contribution in [-0.2, 0) is 38.9 Å². The summed E-state index contributed by atoms with van der Waals surface area (Å²) in [5.41, 5.74) is 2.27. The molecule has 246 valence electrons. The molecule has 0 radical (unpaired) electrons. The molecular formula is C35H45N5O6. The van der Waals surface area contributed by atoms with Crippen molar-refractivity contribution in [1.29, 1.82) is 0 Å². The predicted molar refractivity (Wildman–Crippen MR) is 171 cm³/mol. The quantitative estimate of drug-likeness (QED) is 0.268.